The molecule has 0 aliphatic carbocycles. The Kier molecular flexibility index (Phi) is 3.92. The number of likely N-dealkylation sites (N-methyl/N-ethyl adjacent to an activating group) is 1. The van der Waals surface area contributed by atoms with Gasteiger partial charge in [-0.1, -0.05) is 17.7 Å². The molecule has 0 bridgehead atoms. The second kappa shape index (κ2) is 5.25. The molecule has 1 unspecified atom stereocenters. The maximum absolute atomic E-state index is 6.26. The Bertz CT molecular complexity index is 384. The van der Waals surface area contributed by atoms with Gasteiger partial charge in [-0.3, -0.25) is 0 Å². The van der Waals surface area contributed by atoms with Crippen LogP contribution in [0.3, 0.4) is 0 Å². The van der Waals surface area contributed by atoms with Crippen LogP contribution < -0.4 is 10.6 Å². The lowest BCUT2D eigenvalue weighted by molar-refractivity contribution is 0.313. The van der Waals surface area contributed by atoms with Gasteiger partial charge in [0.2, 0.25) is 0 Å². The first kappa shape index (κ1) is 12.7. The molecule has 1 saturated heterocycles. The fourth-order valence-electron chi connectivity index (χ4n) is 2.15. The zero-order valence-corrected chi connectivity index (χ0v) is 11.2. The number of piperazine rings is 1. The van der Waals surface area contributed by atoms with Crippen molar-refractivity contribution in [2.75, 3.05) is 38.1 Å². The van der Waals surface area contributed by atoms with E-state index in [9.17, 15) is 0 Å². The van der Waals surface area contributed by atoms with E-state index >= 15 is 0 Å². The maximum Gasteiger partial charge on any atom is 0.0474 e. The molecule has 1 aromatic carbocycles. The third-order valence-electron chi connectivity index (χ3n) is 3.34. The van der Waals surface area contributed by atoms with Crippen LogP contribution in [0.15, 0.2) is 18.2 Å². The molecule has 94 valence electrons. The number of hydrogen-bond donors (Lipinski definition) is 1. The van der Waals surface area contributed by atoms with Crippen molar-refractivity contribution in [3.05, 3.63) is 28.8 Å². The summed E-state index contributed by atoms with van der Waals surface area (Å²) in [5, 5.41) is 0.774. The van der Waals surface area contributed by atoms with Crippen LogP contribution in [0.2, 0.25) is 5.02 Å². The molecule has 3 nitrogen and oxygen atoms in total. The summed E-state index contributed by atoms with van der Waals surface area (Å²) in [6, 6.07) is 6.19. The van der Waals surface area contributed by atoms with Gasteiger partial charge in [-0.15, -0.1) is 0 Å². The standard InChI is InChI=1S/C13H20ClN3/c1-10(15)12-4-3-11(9-13(12)14)17-7-5-16(2)6-8-17/h3-4,9-10H,5-8,15H2,1-2H3. The van der Waals surface area contributed by atoms with Gasteiger partial charge in [0.15, 0.2) is 0 Å². The first-order valence-corrected chi connectivity index (χ1v) is 6.44. The number of anilines is 1. The first-order chi connectivity index (χ1) is 8.08. The van der Waals surface area contributed by atoms with Crippen LogP contribution in [0.25, 0.3) is 0 Å². The van der Waals surface area contributed by atoms with Crippen molar-refractivity contribution >= 4 is 17.3 Å². The smallest absolute Gasteiger partial charge is 0.0474 e. The molecule has 2 rings (SSSR count). The number of nitrogens with two attached hydrogens (primary N) is 1. The van der Waals surface area contributed by atoms with E-state index in [1.54, 1.807) is 0 Å². The summed E-state index contributed by atoms with van der Waals surface area (Å²) in [6.45, 7) is 6.28. The summed E-state index contributed by atoms with van der Waals surface area (Å²) in [5.74, 6) is 0. The van der Waals surface area contributed by atoms with Crippen LogP contribution in [0.4, 0.5) is 5.69 Å². The van der Waals surface area contributed by atoms with Crippen molar-refractivity contribution in [2.24, 2.45) is 5.73 Å². The molecule has 1 aliphatic rings. The van der Waals surface area contributed by atoms with E-state index in [2.05, 4.69) is 22.9 Å². The van der Waals surface area contributed by atoms with Crippen molar-refractivity contribution in [2.45, 2.75) is 13.0 Å². The number of rotatable bonds is 2. The fraction of sp³-hybridized carbons (Fsp3) is 0.538. The summed E-state index contributed by atoms with van der Waals surface area (Å²) in [4.78, 5) is 4.71. The summed E-state index contributed by atoms with van der Waals surface area (Å²) >= 11 is 6.26. The minimum absolute atomic E-state index is 0.0101. The number of hydrogen-bond acceptors (Lipinski definition) is 3. The molecular formula is C13H20ClN3. The maximum atomic E-state index is 6.26. The van der Waals surface area contributed by atoms with Crippen LogP contribution in [-0.4, -0.2) is 38.1 Å². The molecule has 4 heteroatoms. The lowest BCUT2D eigenvalue weighted by atomic mass is 10.1. The van der Waals surface area contributed by atoms with Crippen LogP contribution in [0.5, 0.6) is 0 Å². The lowest BCUT2D eigenvalue weighted by Crippen LogP contribution is -2.44. The molecule has 0 radical (unpaired) electrons. The molecule has 1 fully saturated rings. The highest BCUT2D eigenvalue weighted by molar-refractivity contribution is 6.31. The van der Waals surface area contributed by atoms with Gasteiger partial charge in [0.1, 0.15) is 0 Å². The van der Waals surface area contributed by atoms with E-state index in [0.717, 1.165) is 36.8 Å². The fourth-order valence-corrected chi connectivity index (χ4v) is 2.49. The van der Waals surface area contributed by atoms with Gasteiger partial charge in [-0.25, -0.2) is 0 Å². The number of nitrogens with zero attached hydrogens (tertiary/aromatic N) is 2. The van der Waals surface area contributed by atoms with E-state index in [-0.39, 0.29) is 6.04 Å². The highest BCUT2D eigenvalue weighted by atomic mass is 35.5. The summed E-state index contributed by atoms with van der Waals surface area (Å²) in [5.41, 5.74) is 8.08. The molecule has 0 saturated carbocycles. The normalized spacial score (nSPS) is 19.4. The van der Waals surface area contributed by atoms with Crippen molar-refractivity contribution in [3.63, 3.8) is 0 Å². The SMILES string of the molecule is CC(N)c1ccc(N2CCN(C)CC2)cc1Cl. The van der Waals surface area contributed by atoms with Crippen LogP contribution in [0.1, 0.15) is 18.5 Å². The van der Waals surface area contributed by atoms with Gasteiger partial charge in [0, 0.05) is 42.9 Å². The van der Waals surface area contributed by atoms with E-state index < -0.39 is 0 Å². The topological polar surface area (TPSA) is 32.5 Å². The molecule has 0 amide bonds. The Morgan fingerprint density at radius 2 is 1.88 bits per heavy atom. The monoisotopic (exact) mass is 253 g/mol. The molecular weight excluding hydrogens is 234 g/mol. The van der Waals surface area contributed by atoms with Gasteiger partial charge in [-0.2, -0.15) is 0 Å². The third-order valence-corrected chi connectivity index (χ3v) is 3.67. The van der Waals surface area contributed by atoms with Gasteiger partial charge < -0.3 is 15.5 Å². The summed E-state index contributed by atoms with van der Waals surface area (Å²) in [6.07, 6.45) is 0. The molecule has 2 N–H and O–H groups in total. The van der Waals surface area contributed by atoms with Gasteiger partial charge in [-0.05, 0) is 31.7 Å². The third kappa shape index (κ3) is 2.92. The van der Waals surface area contributed by atoms with Crippen LogP contribution in [-0.2, 0) is 0 Å². The highest BCUT2D eigenvalue weighted by Gasteiger charge is 2.15. The predicted molar refractivity (Wildman–Crippen MR) is 73.8 cm³/mol. The van der Waals surface area contributed by atoms with Crippen molar-refractivity contribution in [1.29, 1.82) is 0 Å². The Morgan fingerprint density at radius 3 is 2.41 bits per heavy atom. The largest absolute Gasteiger partial charge is 0.369 e. The quantitative estimate of drug-likeness (QED) is 0.876. The number of halogens is 1. The Morgan fingerprint density at radius 1 is 1.24 bits per heavy atom. The van der Waals surface area contributed by atoms with Gasteiger partial charge in [0.25, 0.3) is 0 Å². The second-order valence-corrected chi connectivity index (χ2v) is 5.19. The average molecular weight is 254 g/mol. The van der Waals surface area contributed by atoms with Gasteiger partial charge in [0.05, 0.1) is 0 Å². The van der Waals surface area contributed by atoms with E-state index in [1.807, 2.05) is 19.1 Å². The van der Waals surface area contributed by atoms with Crippen molar-refractivity contribution in [3.8, 4) is 0 Å². The molecule has 0 aromatic heterocycles. The van der Waals surface area contributed by atoms with Crippen molar-refractivity contribution < 1.29 is 0 Å². The van der Waals surface area contributed by atoms with E-state index in [1.165, 1.54) is 5.69 Å². The molecule has 1 atom stereocenters. The Labute approximate surface area is 108 Å². The second-order valence-electron chi connectivity index (χ2n) is 4.78. The van der Waals surface area contributed by atoms with Crippen LogP contribution in [0, 0.1) is 0 Å². The summed E-state index contributed by atoms with van der Waals surface area (Å²) < 4.78 is 0. The minimum atomic E-state index is -0.0101. The van der Waals surface area contributed by atoms with Crippen LogP contribution >= 0.6 is 11.6 Å². The Balaban J connectivity index is 2.14. The molecule has 1 heterocycles. The zero-order chi connectivity index (χ0) is 12.4. The molecule has 0 spiro atoms. The van der Waals surface area contributed by atoms with E-state index in [0.29, 0.717) is 0 Å². The van der Waals surface area contributed by atoms with Gasteiger partial charge >= 0.3 is 0 Å². The Hall–Kier alpha value is -0.770. The predicted octanol–water partition coefficient (Wildman–Crippen LogP) is 2.11. The zero-order valence-electron chi connectivity index (χ0n) is 10.5. The molecule has 1 aliphatic heterocycles. The molecule has 17 heavy (non-hydrogen) atoms. The number of benzene rings is 1. The van der Waals surface area contributed by atoms with E-state index in [4.69, 9.17) is 17.3 Å². The summed E-state index contributed by atoms with van der Waals surface area (Å²) in [7, 11) is 2.16. The molecule has 1 aromatic rings. The average Bonchev–Trinajstić information content (AvgIpc) is 2.29. The first-order valence-electron chi connectivity index (χ1n) is 6.06. The van der Waals surface area contributed by atoms with Crippen molar-refractivity contribution in [1.82, 2.24) is 4.90 Å². The minimum Gasteiger partial charge on any atom is -0.369 e. The lowest BCUT2D eigenvalue weighted by Gasteiger charge is -2.34. The highest BCUT2D eigenvalue weighted by Crippen LogP contribution is 2.27.